The molecule has 1 atom stereocenters. The minimum atomic E-state index is 0.0473. The van der Waals surface area contributed by atoms with Crippen LogP contribution in [-0.4, -0.2) is 58.0 Å². The number of aryl methyl sites for hydroxylation is 2. The Labute approximate surface area is 157 Å². The largest absolute Gasteiger partial charge is 0.338 e. The van der Waals surface area contributed by atoms with Gasteiger partial charge in [0.15, 0.2) is 5.82 Å². The number of amides is 1. The van der Waals surface area contributed by atoms with E-state index >= 15 is 0 Å². The molecule has 1 aliphatic heterocycles. The SMILES string of the molecule is Cc1nn(C)cc1C(=O)N1CCC[C@@H](c2nnc(Cn3ccnc3)n2C)C1. The highest BCUT2D eigenvalue weighted by molar-refractivity contribution is 5.95. The van der Waals surface area contributed by atoms with Crippen molar-refractivity contribution in [3.63, 3.8) is 0 Å². The van der Waals surface area contributed by atoms with Gasteiger partial charge >= 0.3 is 0 Å². The average Bonchev–Trinajstić information content (AvgIpc) is 3.37. The number of carbonyl (C=O) groups excluding carboxylic acids is 1. The summed E-state index contributed by atoms with van der Waals surface area (Å²) in [4.78, 5) is 18.9. The summed E-state index contributed by atoms with van der Waals surface area (Å²) in [5, 5.41) is 13.1. The molecule has 3 aromatic rings. The Morgan fingerprint density at radius 2 is 2.15 bits per heavy atom. The molecule has 3 aromatic heterocycles. The monoisotopic (exact) mass is 368 g/mol. The molecule has 0 saturated carbocycles. The van der Waals surface area contributed by atoms with Gasteiger partial charge in [-0.15, -0.1) is 10.2 Å². The van der Waals surface area contributed by atoms with Crippen molar-refractivity contribution in [1.82, 2.24) is 39.0 Å². The first-order valence-electron chi connectivity index (χ1n) is 9.16. The molecule has 0 bridgehead atoms. The lowest BCUT2D eigenvalue weighted by Gasteiger charge is -2.32. The van der Waals surface area contributed by atoms with Gasteiger partial charge in [-0.25, -0.2) is 4.98 Å². The normalized spacial score (nSPS) is 17.4. The molecule has 4 rings (SSSR count). The predicted octanol–water partition coefficient (Wildman–Crippen LogP) is 1.12. The molecule has 1 saturated heterocycles. The van der Waals surface area contributed by atoms with Crippen molar-refractivity contribution < 1.29 is 4.79 Å². The van der Waals surface area contributed by atoms with Crippen molar-refractivity contribution in [3.8, 4) is 0 Å². The molecule has 1 aliphatic rings. The fraction of sp³-hybridized carbons (Fsp3) is 0.500. The number of carbonyl (C=O) groups is 1. The lowest BCUT2D eigenvalue weighted by Crippen LogP contribution is -2.39. The molecule has 4 heterocycles. The van der Waals surface area contributed by atoms with E-state index in [2.05, 4.69) is 20.3 Å². The molecule has 0 N–H and O–H groups in total. The summed E-state index contributed by atoms with van der Waals surface area (Å²) in [5.41, 5.74) is 1.45. The van der Waals surface area contributed by atoms with Gasteiger partial charge in [-0.1, -0.05) is 0 Å². The molecule has 142 valence electrons. The van der Waals surface area contributed by atoms with Crippen molar-refractivity contribution in [2.45, 2.75) is 32.2 Å². The van der Waals surface area contributed by atoms with Gasteiger partial charge in [0.05, 0.1) is 24.1 Å². The van der Waals surface area contributed by atoms with E-state index in [9.17, 15) is 4.79 Å². The number of imidazole rings is 1. The highest BCUT2D eigenvalue weighted by Crippen LogP contribution is 2.27. The third-order valence-corrected chi connectivity index (χ3v) is 5.20. The molecular weight excluding hydrogens is 344 g/mol. The molecule has 1 amide bonds. The minimum absolute atomic E-state index is 0.0473. The smallest absolute Gasteiger partial charge is 0.257 e. The Morgan fingerprint density at radius 3 is 2.85 bits per heavy atom. The zero-order valence-electron chi connectivity index (χ0n) is 15.9. The summed E-state index contributed by atoms with van der Waals surface area (Å²) in [7, 11) is 3.83. The van der Waals surface area contributed by atoms with Crippen LogP contribution in [0.2, 0.25) is 0 Å². The molecule has 27 heavy (non-hydrogen) atoms. The summed E-state index contributed by atoms with van der Waals surface area (Å²) >= 11 is 0. The van der Waals surface area contributed by atoms with Gasteiger partial charge in [0, 0.05) is 51.7 Å². The maximum atomic E-state index is 12.9. The van der Waals surface area contributed by atoms with Gasteiger partial charge in [0.2, 0.25) is 0 Å². The van der Waals surface area contributed by atoms with Crippen molar-refractivity contribution >= 4 is 5.91 Å². The standard InChI is InChI=1S/C18H24N8O/c1-13-15(10-23(2)22-13)18(27)26-7-4-5-14(9-26)17-21-20-16(24(17)3)11-25-8-6-19-12-25/h6,8,10,12,14H,4-5,7,9,11H2,1-3H3/t14-/m1/s1. The lowest BCUT2D eigenvalue weighted by molar-refractivity contribution is 0.0702. The zero-order valence-corrected chi connectivity index (χ0v) is 15.9. The highest BCUT2D eigenvalue weighted by atomic mass is 16.2. The van der Waals surface area contributed by atoms with Crippen LogP contribution >= 0.6 is 0 Å². The van der Waals surface area contributed by atoms with Crippen molar-refractivity contribution in [1.29, 1.82) is 0 Å². The quantitative estimate of drug-likeness (QED) is 0.689. The summed E-state index contributed by atoms with van der Waals surface area (Å²) in [6.45, 7) is 3.93. The molecule has 9 nitrogen and oxygen atoms in total. The van der Waals surface area contributed by atoms with E-state index in [1.165, 1.54) is 0 Å². The molecule has 9 heteroatoms. The number of hydrogen-bond donors (Lipinski definition) is 0. The van der Waals surface area contributed by atoms with E-state index in [-0.39, 0.29) is 11.8 Å². The fourth-order valence-electron chi connectivity index (χ4n) is 3.76. The number of nitrogens with zero attached hydrogens (tertiary/aromatic N) is 8. The second-order valence-corrected chi connectivity index (χ2v) is 7.16. The van der Waals surface area contributed by atoms with Crippen LogP contribution in [0, 0.1) is 6.92 Å². The van der Waals surface area contributed by atoms with Gasteiger partial charge < -0.3 is 14.0 Å². The first kappa shape index (κ1) is 17.4. The third-order valence-electron chi connectivity index (χ3n) is 5.20. The zero-order chi connectivity index (χ0) is 19.0. The predicted molar refractivity (Wildman–Crippen MR) is 98.2 cm³/mol. The lowest BCUT2D eigenvalue weighted by atomic mass is 9.96. The van der Waals surface area contributed by atoms with Crippen molar-refractivity contribution in [2.24, 2.45) is 14.1 Å². The highest BCUT2D eigenvalue weighted by Gasteiger charge is 2.30. The summed E-state index contributed by atoms with van der Waals surface area (Å²) < 4.78 is 5.71. The Morgan fingerprint density at radius 1 is 1.30 bits per heavy atom. The van der Waals surface area contributed by atoms with Gasteiger partial charge in [0.25, 0.3) is 5.91 Å². The van der Waals surface area contributed by atoms with E-state index in [0.29, 0.717) is 18.7 Å². The van der Waals surface area contributed by atoms with Gasteiger partial charge in [-0.2, -0.15) is 5.10 Å². The minimum Gasteiger partial charge on any atom is -0.338 e. The van der Waals surface area contributed by atoms with E-state index in [0.717, 1.165) is 36.7 Å². The van der Waals surface area contributed by atoms with Crippen LogP contribution in [0.3, 0.4) is 0 Å². The topological polar surface area (TPSA) is 86.7 Å². The first-order chi connectivity index (χ1) is 13.0. The number of hydrogen-bond acceptors (Lipinski definition) is 5. The van der Waals surface area contributed by atoms with Gasteiger partial charge in [-0.3, -0.25) is 9.48 Å². The van der Waals surface area contributed by atoms with E-state index in [1.807, 2.05) is 41.3 Å². The summed E-state index contributed by atoms with van der Waals surface area (Å²) in [6.07, 6.45) is 9.19. The van der Waals surface area contributed by atoms with Crippen LogP contribution in [0.5, 0.6) is 0 Å². The number of aromatic nitrogens is 7. The van der Waals surface area contributed by atoms with Crippen molar-refractivity contribution in [2.75, 3.05) is 13.1 Å². The second-order valence-electron chi connectivity index (χ2n) is 7.16. The number of likely N-dealkylation sites (tertiary alicyclic amines) is 1. The average molecular weight is 368 g/mol. The van der Waals surface area contributed by atoms with E-state index in [1.54, 1.807) is 23.4 Å². The maximum absolute atomic E-state index is 12.9. The summed E-state index contributed by atoms with van der Waals surface area (Å²) in [5.74, 6) is 2.06. The Hall–Kier alpha value is -2.97. The molecule has 0 spiro atoms. The van der Waals surface area contributed by atoms with Crippen LogP contribution in [0.1, 0.15) is 46.5 Å². The third kappa shape index (κ3) is 3.36. The second kappa shape index (κ2) is 6.98. The Balaban J connectivity index is 1.51. The molecule has 1 fully saturated rings. The Kier molecular flexibility index (Phi) is 4.51. The van der Waals surface area contributed by atoms with Crippen molar-refractivity contribution in [3.05, 3.63) is 47.8 Å². The van der Waals surface area contributed by atoms with Crippen LogP contribution < -0.4 is 0 Å². The fourth-order valence-corrected chi connectivity index (χ4v) is 3.76. The van der Waals surface area contributed by atoms with Crippen LogP contribution in [0.4, 0.5) is 0 Å². The number of piperidine rings is 1. The molecule has 0 radical (unpaired) electrons. The molecular formula is C18H24N8O. The Bertz CT molecular complexity index is 939. The van der Waals surface area contributed by atoms with Gasteiger partial charge in [0.1, 0.15) is 5.82 Å². The van der Waals surface area contributed by atoms with Crippen LogP contribution in [0.25, 0.3) is 0 Å². The molecule has 0 aliphatic carbocycles. The first-order valence-corrected chi connectivity index (χ1v) is 9.16. The van der Waals surface area contributed by atoms with Crippen LogP contribution in [0.15, 0.2) is 24.9 Å². The van der Waals surface area contributed by atoms with E-state index in [4.69, 9.17) is 0 Å². The van der Waals surface area contributed by atoms with Gasteiger partial charge in [-0.05, 0) is 19.8 Å². The maximum Gasteiger partial charge on any atom is 0.257 e. The van der Waals surface area contributed by atoms with Crippen LogP contribution in [-0.2, 0) is 20.6 Å². The number of rotatable bonds is 4. The molecule has 0 aromatic carbocycles. The summed E-state index contributed by atoms with van der Waals surface area (Å²) in [6, 6.07) is 0. The molecule has 0 unspecified atom stereocenters. The van der Waals surface area contributed by atoms with E-state index < -0.39 is 0 Å².